The summed E-state index contributed by atoms with van der Waals surface area (Å²) in [5.74, 6) is 0.982. The number of hydrogen-bond acceptors (Lipinski definition) is 4. The minimum absolute atomic E-state index is 0.231. The van der Waals surface area contributed by atoms with Crippen molar-refractivity contribution in [2.24, 2.45) is 0 Å². The molecule has 0 aliphatic heterocycles. The van der Waals surface area contributed by atoms with Crippen LogP contribution in [0.2, 0.25) is 0 Å². The fourth-order valence-corrected chi connectivity index (χ4v) is 2.55. The molecule has 0 radical (unpaired) electrons. The highest BCUT2D eigenvalue weighted by molar-refractivity contribution is 9.10. The normalized spacial score (nSPS) is 10.7. The SMILES string of the molecule is COc1ccc(Br)c(C(=O)Nc2ccc3oc(C)nc3c2)c1. The molecule has 0 saturated heterocycles. The molecule has 0 fully saturated rings. The van der Waals surface area contributed by atoms with Gasteiger partial charge in [0.2, 0.25) is 0 Å². The Bertz CT molecular complexity index is 858. The van der Waals surface area contributed by atoms with Crippen LogP contribution in [-0.4, -0.2) is 18.0 Å². The number of methoxy groups -OCH3 is 1. The molecule has 0 bridgehead atoms. The second kappa shape index (κ2) is 5.81. The Kier molecular flexibility index (Phi) is 3.85. The number of rotatable bonds is 3. The minimum Gasteiger partial charge on any atom is -0.497 e. The van der Waals surface area contributed by atoms with Crippen molar-refractivity contribution < 1.29 is 13.9 Å². The van der Waals surface area contributed by atoms with Crippen molar-refractivity contribution in [3.63, 3.8) is 0 Å². The van der Waals surface area contributed by atoms with E-state index in [0.29, 0.717) is 38.5 Å². The lowest BCUT2D eigenvalue weighted by Crippen LogP contribution is -2.12. The van der Waals surface area contributed by atoms with Gasteiger partial charge in [-0.25, -0.2) is 4.98 Å². The van der Waals surface area contributed by atoms with E-state index in [1.807, 2.05) is 0 Å². The number of hydrogen-bond donors (Lipinski definition) is 1. The van der Waals surface area contributed by atoms with Crippen LogP contribution in [0.15, 0.2) is 45.3 Å². The van der Waals surface area contributed by atoms with Gasteiger partial charge >= 0.3 is 0 Å². The molecule has 0 saturated carbocycles. The van der Waals surface area contributed by atoms with Crippen LogP contribution in [0, 0.1) is 6.92 Å². The zero-order valence-electron chi connectivity index (χ0n) is 12.0. The van der Waals surface area contributed by atoms with Crippen LogP contribution in [0.5, 0.6) is 5.75 Å². The number of carbonyl (C=O) groups excluding carboxylic acids is 1. The summed E-state index contributed by atoms with van der Waals surface area (Å²) in [6.07, 6.45) is 0. The van der Waals surface area contributed by atoms with Gasteiger partial charge in [-0.05, 0) is 52.3 Å². The Morgan fingerprint density at radius 1 is 1.27 bits per heavy atom. The van der Waals surface area contributed by atoms with Gasteiger partial charge in [0, 0.05) is 17.1 Å². The molecule has 6 heteroatoms. The average Bonchev–Trinajstić information content (AvgIpc) is 2.87. The molecule has 1 amide bonds. The first-order valence-corrected chi connectivity index (χ1v) is 7.38. The number of fused-ring (bicyclic) bond motifs is 1. The topological polar surface area (TPSA) is 64.4 Å². The number of nitrogens with one attached hydrogen (secondary N) is 1. The number of nitrogens with zero attached hydrogens (tertiary/aromatic N) is 1. The number of carbonyl (C=O) groups is 1. The summed E-state index contributed by atoms with van der Waals surface area (Å²) in [4.78, 5) is 16.7. The summed E-state index contributed by atoms with van der Waals surface area (Å²) in [5, 5.41) is 2.85. The van der Waals surface area contributed by atoms with Gasteiger partial charge in [-0.15, -0.1) is 0 Å². The average molecular weight is 361 g/mol. The van der Waals surface area contributed by atoms with Crippen molar-refractivity contribution >= 4 is 38.6 Å². The molecular formula is C16H13BrN2O3. The molecule has 5 nitrogen and oxygen atoms in total. The van der Waals surface area contributed by atoms with Crippen molar-refractivity contribution in [1.29, 1.82) is 0 Å². The van der Waals surface area contributed by atoms with Crippen molar-refractivity contribution in [3.05, 3.63) is 52.3 Å². The highest BCUT2D eigenvalue weighted by Crippen LogP contribution is 2.25. The van der Waals surface area contributed by atoms with Gasteiger partial charge in [-0.2, -0.15) is 0 Å². The zero-order chi connectivity index (χ0) is 15.7. The van der Waals surface area contributed by atoms with Gasteiger partial charge in [0.1, 0.15) is 11.3 Å². The lowest BCUT2D eigenvalue weighted by Gasteiger charge is -2.08. The molecule has 1 aromatic heterocycles. The molecule has 3 aromatic rings. The van der Waals surface area contributed by atoms with Crippen LogP contribution < -0.4 is 10.1 Å². The van der Waals surface area contributed by atoms with Crippen LogP contribution in [0.4, 0.5) is 5.69 Å². The molecule has 3 rings (SSSR count). The number of anilines is 1. The molecular weight excluding hydrogens is 348 g/mol. The number of aromatic nitrogens is 1. The fraction of sp³-hybridized carbons (Fsp3) is 0.125. The predicted octanol–water partition coefficient (Wildman–Crippen LogP) is 4.16. The number of amides is 1. The number of oxazole rings is 1. The third kappa shape index (κ3) is 2.82. The molecule has 0 unspecified atom stereocenters. The Morgan fingerprint density at radius 2 is 2.09 bits per heavy atom. The highest BCUT2D eigenvalue weighted by Gasteiger charge is 2.12. The monoisotopic (exact) mass is 360 g/mol. The smallest absolute Gasteiger partial charge is 0.256 e. The summed E-state index contributed by atoms with van der Waals surface area (Å²) in [7, 11) is 1.56. The quantitative estimate of drug-likeness (QED) is 0.761. The summed E-state index contributed by atoms with van der Waals surface area (Å²) >= 11 is 3.37. The Morgan fingerprint density at radius 3 is 2.86 bits per heavy atom. The highest BCUT2D eigenvalue weighted by atomic mass is 79.9. The van der Waals surface area contributed by atoms with E-state index in [1.54, 1.807) is 50.4 Å². The third-order valence-electron chi connectivity index (χ3n) is 3.17. The van der Waals surface area contributed by atoms with Crippen molar-refractivity contribution in [1.82, 2.24) is 4.98 Å². The maximum Gasteiger partial charge on any atom is 0.256 e. The fourth-order valence-electron chi connectivity index (χ4n) is 2.12. The molecule has 0 atom stereocenters. The van der Waals surface area contributed by atoms with Crippen LogP contribution in [0.1, 0.15) is 16.2 Å². The van der Waals surface area contributed by atoms with E-state index < -0.39 is 0 Å². The van der Waals surface area contributed by atoms with Crippen molar-refractivity contribution in [2.75, 3.05) is 12.4 Å². The summed E-state index contributed by atoms with van der Waals surface area (Å²) in [6, 6.07) is 10.6. The van der Waals surface area contributed by atoms with Crippen LogP contribution in [-0.2, 0) is 0 Å². The Balaban J connectivity index is 1.89. The Hall–Kier alpha value is -2.34. The van der Waals surface area contributed by atoms with Gasteiger partial charge in [-0.1, -0.05) is 0 Å². The first-order valence-electron chi connectivity index (χ1n) is 6.59. The predicted molar refractivity (Wildman–Crippen MR) is 87.4 cm³/mol. The second-order valence-electron chi connectivity index (χ2n) is 4.72. The lowest BCUT2D eigenvalue weighted by atomic mass is 10.2. The molecule has 1 heterocycles. The first kappa shape index (κ1) is 14.6. The van der Waals surface area contributed by atoms with E-state index in [9.17, 15) is 4.79 Å². The second-order valence-corrected chi connectivity index (χ2v) is 5.57. The molecule has 2 aromatic carbocycles. The summed E-state index contributed by atoms with van der Waals surface area (Å²) < 4.78 is 11.3. The van der Waals surface area contributed by atoms with Crippen molar-refractivity contribution in [3.8, 4) is 5.75 Å². The van der Waals surface area contributed by atoms with E-state index in [0.717, 1.165) is 0 Å². The molecule has 112 valence electrons. The van der Waals surface area contributed by atoms with E-state index in [2.05, 4.69) is 26.2 Å². The Labute approximate surface area is 135 Å². The number of benzene rings is 2. The molecule has 0 aliphatic carbocycles. The standard InChI is InChI=1S/C16H13BrN2O3/c1-9-18-14-7-10(3-6-15(14)22-9)19-16(20)12-8-11(21-2)4-5-13(12)17/h3-8H,1-2H3,(H,19,20). The van der Waals surface area contributed by atoms with Crippen LogP contribution >= 0.6 is 15.9 Å². The van der Waals surface area contributed by atoms with Crippen LogP contribution in [0.3, 0.4) is 0 Å². The summed E-state index contributed by atoms with van der Waals surface area (Å²) in [6.45, 7) is 1.78. The third-order valence-corrected chi connectivity index (χ3v) is 3.86. The van der Waals surface area contributed by atoms with Gasteiger partial charge in [0.25, 0.3) is 5.91 Å². The van der Waals surface area contributed by atoms with Gasteiger partial charge in [0.15, 0.2) is 11.5 Å². The largest absolute Gasteiger partial charge is 0.497 e. The lowest BCUT2D eigenvalue weighted by molar-refractivity contribution is 0.102. The maximum absolute atomic E-state index is 12.4. The maximum atomic E-state index is 12.4. The number of ether oxygens (including phenoxy) is 1. The molecule has 0 spiro atoms. The molecule has 22 heavy (non-hydrogen) atoms. The van der Waals surface area contributed by atoms with Gasteiger partial charge < -0.3 is 14.5 Å². The van der Waals surface area contributed by atoms with E-state index in [-0.39, 0.29) is 5.91 Å². The molecule has 0 aliphatic rings. The van der Waals surface area contributed by atoms with Crippen LogP contribution in [0.25, 0.3) is 11.1 Å². The van der Waals surface area contributed by atoms with Crippen molar-refractivity contribution in [2.45, 2.75) is 6.92 Å². The zero-order valence-corrected chi connectivity index (χ0v) is 13.6. The minimum atomic E-state index is -0.231. The summed E-state index contributed by atoms with van der Waals surface area (Å²) in [5.41, 5.74) is 2.55. The first-order chi connectivity index (χ1) is 10.6. The van der Waals surface area contributed by atoms with E-state index in [4.69, 9.17) is 9.15 Å². The van der Waals surface area contributed by atoms with E-state index in [1.165, 1.54) is 0 Å². The number of halogens is 1. The van der Waals surface area contributed by atoms with E-state index >= 15 is 0 Å². The molecule has 1 N–H and O–H groups in total. The van der Waals surface area contributed by atoms with Gasteiger partial charge in [-0.3, -0.25) is 4.79 Å². The van der Waals surface area contributed by atoms with Gasteiger partial charge in [0.05, 0.1) is 12.7 Å². The number of aryl methyl sites for hydroxylation is 1.